The van der Waals surface area contributed by atoms with Crippen molar-refractivity contribution < 1.29 is 0 Å². The van der Waals surface area contributed by atoms with Crippen LogP contribution in [0.4, 0.5) is 0 Å². The van der Waals surface area contributed by atoms with Crippen LogP contribution in [0.15, 0.2) is 138 Å². The van der Waals surface area contributed by atoms with Crippen molar-refractivity contribution >= 4 is 6.21 Å². The van der Waals surface area contributed by atoms with Crippen molar-refractivity contribution in [2.75, 3.05) is 7.05 Å². The lowest BCUT2D eigenvalue weighted by atomic mass is 9.68. The predicted octanol–water partition coefficient (Wildman–Crippen LogP) is 9.25. The van der Waals surface area contributed by atoms with Crippen molar-refractivity contribution in [3.63, 3.8) is 0 Å². The lowest BCUT2D eigenvalue weighted by molar-refractivity contribution is 0.472. The molecule has 4 heteroatoms. The average Bonchev–Trinajstić information content (AvgIpc) is 3.07. The predicted molar refractivity (Wildman–Crippen MR) is 176 cm³/mol. The highest BCUT2D eigenvalue weighted by molar-refractivity contribution is 5.71. The minimum atomic E-state index is -0.0370. The molecule has 3 aromatic carbocycles. The summed E-state index contributed by atoms with van der Waals surface area (Å²) < 4.78 is 0. The Morgan fingerprint density at radius 3 is 1.74 bits per heavy atom. The van der Waals surface area contributed by atoms with E-state index in [2.05, 4.69) is 73.5 Å². The van der Waals surface area contributed by atoms with E-state index >= 15 is 0 Å². The van der Waals surface area contributed by atoms with Gasteiger partial charge in [-0.1, -0.05) is 135 Å². The largest absolute Gasteiger partial charge is 0.297 e. The fraction of sp³-hybridized carbons (Fsp3) is 0.211. The molecule has 0 radical (unpaired) electrons. The van der Waals surface area contributed by atoms with Crippen LogP contribution in [-0.4, -0.2) is 28.2 Å². The minimum Gasteiger partial charge on any atom is -0.297 e. The van der Waals surface area contributed by atoms with E-state index in [4.69, 9.17) is 15.0 Å². The van der Waals surface area contributed by atoms with Crippen LogP contribution < -0.4 is 0 Å². The molecule has 1 atom stereocenters. The number of nitrogens with zero attached hydrogens (tertiary/aromatic N) is 4. The molecule has 1 unspecified atom stereocenters. The van der Waals surface area contributed by atoms with Crippen molar-refractivity contribution in [3.05, 3.63) is 139 Å². The third-order valence-corrected chi connectivity index (χ3v) is 8.10. The van der Waals surface area contributed by atoms with Gasteiger partial charge in [-0.3, -0.25) is 4.99 Å². The molecule has 0 N–H and O–H groups in total. The molecule has 4 aromatic rings. The Hall–Kier alpha value is -4.70. The fourth-order valence-corrected chi connectivity index (χ4v) is 5.65. The average molecular weight is 551 g/mol. The van der Waals surface area contributed by atoms with Gasteiger partial charge in [0, 0.05) is 35.4 Å². The summed E-state index contributed by atoms with van der Waals surface area (Å²) in [6.45, 7) is 4.59. The number of rotatable bonds is 10. The van der Waals surface area contributed by atoms with Crippen molar-refractivity contribution in [2.45, 2.75) is 38.5 Å². The van der Waals surface area contributed by atoms with Gasteiger partial charge in [0.25, 0.3) is 0 Å². The van der Waals surface area contributed by atoms with Crippen LogP contribution >= 0.6 is 0 Å². The summed E-state index contributed by atoms with van der Waals surface area (Å²) in [5.74, 6) is 2.44. The summed E-state index contributed by atoms with van der Waals surface area (Å²) in [6.07, 6.45) is 20.3. The summed E-state index contributed by atoms with van der Waals surface area (Å²) in [5.41, 5.74) is 5.61. The van der Waals surface area contributed by atoms with Gasteiger partial charge in [-0.25, -0.2) is 15.0 Å². The molecule has 0 aliphatic heterocycles. The second-order valence-corrected chi connectivity index (χ2v) is 10.5. The second-order valence-electron chi connectivity index (χ2n) is 10.5. The molecule has 42 heavy (non-hydrogen) atoms. The highest BCUT2D eigenvalue weighted by Gasteiger charge is 2.32. The first-order valence-corrected chi connectivity index (χ1v) is 14.8. The number of allylic oxidation sites excluding steroid dienone is 8. The molecule has 4 nitrogen and oxygen atoms in total. The van der Waals surface area contributed by atoms with E-state index in [0.29, 0.717) is 23.4 Å². The molecule has 0 saturated heterocycles. The van der Waals surface area contributed by atoms with E-state index in [9.17, 15) is 0 Å². The van der Waals surface area contributed by atoms with E-state index in [1.807, 2.05) is 72.8 Å². The Morgan fingerprint density at radius 1 is 0.714 bits per heavy atom. The van der Waals surface area contributed by atoms with Gasteiger partial charge in [0.2, 0.25) is 0 Å². The molecular formula is C38H38N4. The van der Waals surface area contributed by atoms with E-state index in [1.165, 1.54) is 11.1 Å². The SMILES string of the molecule is CCC(CC)(C1=CCC(/C=C/C=C\C=NC)C=C1)c1ccc(-c2nc(-c3ccccc3)nc(-c3ccccc3)n2)cc1. The van der Waals surface area contributed by atoms with Gasteiger partial charge in [0.15, 0.2) is 17.5 Å². The lowest BCUT2D eigenvalue weighted by Gasteiger charge is -2.36. The Morgan fingerprint density at radius 2 is 1.26 bits per heavy atom. The van der Waals surface area contributed by atoms with E-state index < -0.39 is 0 Å². The number of aromatic nitrogens is 3. The highest BCUT2D eigenvalue weighted by Crippen LogP contribution is 2.42. The van der Waals surface area contributed by atoms with E-state index in [1.54, 1.807) is 13.3 Å². The van der Waals surface area contributed by atoms with Gasteiger partial charge in [0.05, 0.1) is 0 Å². The van der Waals surface area contributed by atoms with Crippen LogP contribution in [0, 0.1) is 5.92 Å². The van der Waals surface area contributed by atoms with Gasteiger partial charge in [-0.05, 0) is 42.4 Å². The van der Waals surface area contributed by atoms with Crippen LogP contribution in [0.5, 0.6) is 0 Å². The van der Waals surface area contributed by atoms with E-state index in [-0.39, 0.29) is 5.41 Å². The zero-order valence-corrected chi connectivity index (χ0v) is 24.7. The third-order valence-electron chi connectivity index (χ3n) is 8.10. The van der Waals surface area contributed by atoms with Crippen LogP contribution in [0.2, 0.25) is 0 Å². The number of hydrogen-bond acceptors (Lipinski definition) is 4. The summed E-state index contributed by atoms with van der Waals surface area (Å²) >= 11 is 0. The van der Waals surface area contributed by atoms with E-state index in [0.717, 1.165) is 36.0 Å². The lowest BCUT2D eigenvalue weighted by Crippen LogP contribution is -2.27. The normalized spacial score (nSPS) is 15.6. The quantitative estimate of drug-likeness (QED) is 0.146. The molecule has 210 valence electrons. The summed E-state index contributed by atoms with van der Waals surface area (Å²) in [7, 11) is 1.78. The summed E-state index contributed by atoms with van der Waals surface area (Å²) in [5, 5.41) is 0. The molecule has 0 spiro atoms. The smallest absolute Gasteiger partial charge is 0.164 e. The molecule has 0 bridgehead atoms. The topological polar surface area (TPSA) is 51.0 Å². The van der Waals surface area contributed by atoms with Crippen LogP contribution in [0.25, 0.3) is 34.2 Å². The first-order chi connectivity index (χ1) is 20.7. The highest BCUT2D eigenvalue weighted by atomic mass is 15.0. The molecule has 0 fully saturated rings. The van der Waals surface area contributed by atoms with Gasteiger partial charge < -0.3 is 0 Å². The third kappa shape index (κ3) is 6.44. The second kappa shape index (κ2) is 13.8. The van der Waals surface area contributed by atoms with Gasteiger partial charge in [-0.15, -0.1) is 0 Å². The Kier molecular flexibility index (Phi) is 9.45. The van der Waals surface area contributed by atoms with Crippen molar-refractivity contribution in [2.24, 2.45) is 10.9 Å². The van der Waals surface area contributed by atoms with Gasteiger partial charge in [-0.2, -0.15) is 0 Å². The summed E-state index contributed by atoms with van der Waals surface area (Å²) in [4.78, 5) is 18.6. The van der Waals surface area contributed by atoms with Crippen LogP contribution in [-0.2, 0) is 5.41 Å². The van der Waals surface area contributed by atoms with Crippen molar-refractivity contribution in [1.29, 1.82) is 0 Å². The number of aliphatic imine (C=N–C) groups is 1. The molecule has 0 amide bonds. The maximum Gasteiger partial charge on any atom is 0.164 e. The molecular weight excluding hydrogens is 512 g/mol. The Labute approximate surface area is 250 Å². The zero-order valence-electron chi connectivity index (χ0n) is 24.7. The molecule has 0 saturated carbocycles. The molecule has 1 aliphatic rings. The molecule has 5 rings (SSSR count). The Balaban J connectivity index is 1.45. The van der Waals surface area contributed by atoms with Gasteiger partial charge in [0.1, 0.15) is 0 Å². The molecule has 1 aliphatic carbocycles. The maximum absolute atomic E-state index is 4.91. The minimum absolute atomic E-state index is 0.0370. The zero-order chi connectivity index (χ0) is 29.2. The van der Waals surface area contributed by atoms with Crippen LogP contribution in [0.3, 0.4) is 0 Å². The van der Waals surface area contributed by atoms with Crippen LogP contribution in [0.1, 0.15) is 38.7 Å². The Bertz CT molecular complexity index is 1550. The molecule has 1 heterocycles. The fourth-order valence-electron chi connectivity index (χ4n) is 5.65. The number of benzene rings is 3. The van der Waals surface area contributed by atoms with Crippen molar-refractivity contribution in [1.82, 2.24) is 15.0 Å². The van der Waals surface area contributed by atoms with Gasteiger partial charge >= 0.3 is 0 Å². The number of hydrogen-bond donors (Lipinski definition) is 0. The monoisotopic (exact) mass is 550 g/mol. The standard InChI is InChI=1S/C38H38N4/c1-4-38(5-2,33-24-20-29(21-25-33)15-9-8-14-28-39-3)34-26-22-32(23-27-34)37-41-35(30-16-10-6-11-17-30)40-36(42-37)31-18-12-7-13-19-31/h6-20,22-29H,4-5,21H2,1-3H3/b14-8-,15-9+,39-28?. The maximum atomic E-state index is 4.91. The molecule has 1 aromatic heterocycles. The first kappa shape index (κ1) is 28.8. The van der Waals surface area contributed by atoms with Crippen molar-refractivity contribution in [3.8, 4) is 34.2 Å². The first-order valence-electron chi connectivity index (χ1n) is 14.8. The summed E-state index contributed by atoms with van der Waals surface area (Å²) in [6, 6.07) is 29.1.